The molecule has 0 bridgehead atoms. The average Bonchev–Trinajstić information content (AvgIpc) is 2.49. The van der Waals surface area contributed by atoms with Gasteiger partial charge in [0.05, 0.1) is 6.54 Å². The van der Waals surface area contributed by atoms with Crippen LogP contribution < -0.4 is 11.1 Å². The summed E-state index contributed by atoms with van der Waals surface area (Å²) in [6.45, 7) is 3.83. The highest BCUT2D eigenvalue weighted by Gasteiger charge is 2.22. The van der Waals surface area contributed by atoms with Gasteiger partial charge in [0.1, 0.15) is 0 Å². The Balaban J connectivity index is 1.92. The molecule has 0 saturated carbocycles. The molecule has 0 atom stereocenters. The highest BCUT2D eigenvalue weighted by Crippen LogP contribution is 2.19. The van der Waals surface area contributed by atoms with Gasteiger partial charge in [-0.2, -0.15) is 0 Å². The summed E-state index contributed by atoms with van der Waals surface area (Å²) >= 11 is 1.63. The maximum Gasteiger partial charge on any atom is 0.251 e. The van der Waals surface area contributed by atoms with Crippen molar-refractivity contribution in [2.24, 2.45) is 5.73 Å². The summed E-state index contributed by atoms with van der Waals surface area (Å²) in [4.78, 5) is 26.5. The summed E-state index contributed by atoms with van der Waals surface area (Å²) in [6.07, 6.45) is 3.70. The minimum atomic E-state index is -0.299. The number of hydrogen-bond acceptors (Lipinski definition) is 4. The highest BCUT2D eigenvalue weighted by molar-refractivity contribution is 7.98. The Morgan fingerprint density at radius 1 is 1.36 bits per heavy atom. The van der Waals surface area contributed by atoms with Crippen molar-refractivity contribution in [3.63, 3.8) is 0 Å². The molecular weight excluding hydrogens is 298 g/mol. The smallest absolute Gasteiger partial charge is 0.251 e. The standard InChI is InChI=1S/C16H23N3O2S/c1-11-3-4-13(22-2)9-14(11)16(21)18-12-5-7-19(8-6-12)10-15(17)20/h3-4,9,12H,5-8,10H2,1-2H3,(H2,17,20)(H,18,21). The van der Waals surface area contributed by atoms with E-state index in [1.54, 1.807) is 11.8 Å². The zero-order valence-corrected chi connectivity index (χ0v) is 13.9. The van der Waals surface area contributed by atoms with Gasteiger partial charge in [0, 0.05) is 29.6 Å². The predicted octanol–water partition coefficient (Wildman–Crippen LogP) is 1.40. The number of nitrogens with one attached hydrogen (secondary N) is 1. The third-order valence-electron chi connectivity index (χ3n) is 3.99. The van der Waals surface area contributed by atoms with Gasteiger partial charge in [-0.3, -0.25) is 14.5 Å². The summed E-state index contributed by atoms with van der Waals surface area (Å²) in [6, 6.07) is 6.11. The molecule has 0 unspecified atom stereocenters. The lowest BCUT2D eigenvalue weighted by Crippen LogP contribution is -2.46. The molecule has 5 nitrogen and oxygen atoms in total. The maximum atomic E-state index is 12.5. The van der Waals surface area contributed by atoms with Gasteiger partial charge in [0.2, 0.25) is 5.91 Å². The number of primary amides is 1. The van der Waals surface area contributed by atoms with Gasteiger partial charge in [-0.25, -0.2) is 0 Å². The molecule has 1 saturated heterocycles. The first-order valence-electron chi connectivity index (χ1n) is 7.45. The van der Waals surface area contributed by atoms with Gasteiger partial charge >= 0.3 is 0 Å². The van der Waals surface area contributed by atoms with Gasteiger partial charge in [0.25, 0.3) is 5.91 Å². The van der Waals surface area contributed by atoms with E-state index in [4.69, 9.17) is 5.73 Å². The van der Waals surface area contributed by atoms with Crippen LogP contribution in [0.25, 0.3) is 0 Å². The Bertz CT molecular complexity index is 554. The van der Waals surface area contributed by atoms with Crippen molar-refractivity contribution < 1.29 is 9.59 Å². The molecule has 0 aliphatic carbocycles. The molecule has 0 radical (unpaired) electrons. The van der Waals surface area contributed by atoms with Gasteiger partial charge in [-0.15, -0.1) is 11.8 Å². The first-order chi connectivity index (χ1) is 10.5. The van der Waals surface area contributed by atoms with Crippen LogP contribution in [0.1, 0.15) is 28.8 Å². The Morgan fingerprint density at radius 3 is 2.64 bits per heavy atom. The third-order valence-corrected chi connectivity index (χ3v) is 4.72. The number of amides is 2. The Kier molecular flexibility index (Phi) is 5.85. The number of thioether (sulfide) groups is 1. The number of carbonyl (C=O) groups is 2. The Labute approximate surface area is 135 Å². The number of piperidine rings is 1. The zero-order valence-electron chi connectivity index (χ0n) is 13.1. The number of rotatable bonds is 5. The van der Waals surface area contributed by atoms with Crippen molar-refractivity contribution in [3.05, 3.63) is 29.3 Å². The van der Waals surface area contributed by atoms with Crippen molar-refractivity contribution in [1.29, 1.82) is 0 Å². The molecule has 1 heterocycles. The van der Waals surface area contributed by atoms with E-state index in [9.17, 15) is 9.59 Å². The van der Waals surface area contributed by atoms with Crippen LogP contribution in [0.5, 0.6) is 0 Å². The number of carbonyl (C=O) groups excluding carboxylic acids is 2. The Hall–Kier alpha value is -1.53. The van der Waals surface area contributed by atoms with Gasteiger partial charge in [-0.05, 0) is 43.7 Å². The molecular formula is C16H23N3O2S. The van der Waals surface area contributed by atoms with Crippen molar-refractivity contribution in [3.8, 4) is 0 Å². The molecule has 1 fully saturated rings. The molecule has 1 aromatic rings. The maximum absolute atomic E-state index is 12.5. The number of hydrogen-bond donors (Lipinski definition) is 2. The normalized spacial score (nSPS) is 16.5. The average molecular weight is 321 g/mol. The molecule has 2 amide bonds. The quantitative estimate of drug-likeness (QED) is 0.804. The van der Waals surface area contributed by atoms with E-state index in [1.165, 1.54) is 0 Å². The monoisotopic (exact) mass is 321 g/mol. The summed E-state index contributed by atoms with van der Waals surface area (Å²) in [7, 11) is 0. The highest BCUT2D eigenvalue weighted by atomic mass is 32.2. The van der Waals surface area contributed by atoms with Crippen LogP contribution in [-0.4, -0.2) is 48.6 Å². The van der Waals surface area contributed by atoms with Crippen LogP contribution in [0.15, 0.2) is 23.1 Å². The number of nitrogens with zero attached hydrogens (tertiary/aromatic N) is 1. The van der Waals surface area contributed by atoms with Crippen LogP contribution in [0.2, 0.25) is 0 Å². The molecule has 22 heavy (non-hydrogen) atoms. The van der Waals surface area contributed by atoms with E-state index < -0.39 is 0 Å². The van der Waals surface area contributed by atoms with E-state index in [2.05, 4.69) is 5.32 Å². The number of benzene rings is 1. The van der Waals surface area contributed by atoms with E-state index in [0.717, 1.165) is 42.0 Å². The second kappa shape index (κ2) is 7.65. The summed E-state index contributed by atoms with van der Waals surface area (Å²) in [5, 5.41) is 3.11. The summed E-state index contributed by atoms with van der Waals surface area (Å²) < 4.78 is 0. The van der Waals surface area contributed by atoms with Crippen LogP contribution in [0.4, 0.5) is 0 Å². The predicted molar refractivity (Wildman–Crippen MR) is 89.1 cm³/mol. The van der Waals surface area contributed by atoms with Crippen molar-refractivity contribution >= 4 is 23.6 Å². The van der Waals surface area contributed by atoms with Crippen LogP contribution >= 0.6 is 11.8 Å². The van der Waals surface area contributed by atoms with Crippen LogP contribution in [-0.2, 0) is 4.79 Å². The molecule has 3 N–H and O–H groups in total. The fraction of sp³-hybridized carbons (Fsp3) is 0.500. The minimum absolute atomic E-state index is 0.0123. The molecule has 0 spiro atoms. The van der Waals surface area contributed by atoms with E-state index in [-0.39, 0.29) is 17.9 Å². The van der Waals surface area contributed by atoms with E-state index >= 15 is 0 Å². The largest absolute Gasteiger partial charge is 0.369 e. The second-order valence-corrected chi connectivity index (χ2v) is 6.55. The fourth-order valence-electron chi connectivity index (χ4n) is 2.69. The molecule has 0 aromatic heterocycles. The van der Waals surface area contributed by atoms with Crippen LogP contribution in [0, 0.1) is 6.92 Å². The van der Waals surface area contributed by atoms with Gasteiger partial charge < -0.3 is 11.1 Å². The lowest BCUT2D eigenvalue weighted by atomic mass is 10.0. The van der Waals surface area contributed by atoms with Crippen molar-refractivity contribution in [2.45, 2.75) is 30.7 Å². The first kappa shape index (κ1) is 16.8. The second-order valence-electron chi connectivity index (χ2n) is 5.67. The van der Waals surface area contributed by atoms with E-state index in [1.807, 2.05) is 36.3 Å². The lowest BCUT2D eigenvalue weighted by Gasteiger charge is -2.31. The van der Waals surface area contributed by atoms with Crippen molar-refractivity contribution in [1.82, 2.24) is 10.2 Å². The molecule has 120 valence electrons. The third kappa shape index (κ3) is 4.48. The molecule has 1 aliphatic rings. The SMILES string of the molecule is CSc1ccc(C)c(C(=O)NC2CCN(CC(N)=O)CC2)c1. The summed E-state index contributed by atoms with van der Waals surface area (Å²) in [5.74, 6) is -0.311. The van der Waals surface area contributed by atoms with Crippen LogP contribution in [0.3, 0.4) is 0 Å². The fourth-order valence-corrected chi connectivity index (χ4v) is 3.13. The van der Waals surface area contributed by atoms with Gasteiger partial charge in [0.15, 0.2) is 0 Å². The number of likely N-dealkylation sites (tertiary alicyclic amines) is 1. The number of nitrogens with two attached hydrogens (primary N) is 1. The number of aryl methyl sites for hydroxylation is 1. The summed E-state index contributed by atoms with van der Waals surface area (Å²) in [5.41, 5.74) is 6.94. The van der Waals surface area contributed by atoms with Gasteiger partial charge in [-0.1, -0.05) is 6.07 Å². The molecule has 6 heteroatoms. The lowest BCUT2D eigenvalue weighted by molar-refractivity contribution is -0.119. The zero-order chi connectivity index (χ0) is 16.1. The molecule has 2 rings (SSSR count). The minimum Gasteiger partial charge on any atom is -0.369 e. The first-order valence-corrected chi connectivity index (χ1v) is 8.68. The molecule has 1 aromatic carbocycles. The van der Waals surface area contributed by atoms with Crippen molar-refractivity contribution in [2.75, 3.05) is 25.9 Å². The topological polar surface area (TPSA) is 75.4 Å². The molecule has 1 aliphatic heterocycles. The Morgan fingerprint density at radius 2 is 2.05 bits per heavy atom. The van der Waals surface area contributed by atoms with E-state index in [0.29, 0.717) is 6.54 Å².